The lowest BCUT2D eigenvalue weighted by Crippen LogP contribution is -2.30. The molecule has 0 fully saturated rings. The molecule has 0 aromatic heterocycles. The Morgan fingerprint density at radius 1 is 0.353 bits per heavy atom. The van der Waals surface area contributed by atoms with Gasteiger partial charge in [0.2, 0.25) is 0 Å². The van der Waals surface area contributed by atoms with Gasteiger partial charge in [-0.05, 0) is 227 Å². The molecule has 119 heavy (non-hydrogen) atoms. The summed E-state index contributed by atoms with van der Waals surface area (Å²) in [5.74, 6) is -0.269. The minimum absolute atomic E-state index is 0.0709. The van der Waals surface area contributed by atoms with Gasteiger partial charge < -0.3 is 39.5 Å². The van der Waals surface area contributed by atoms with Crippen molar-refractivity contribution < 1.29 is 13.2 Å². The fourth-order valence-corrected chi connectivity index (χ4v) is 14.2. The van der Waals surface area contributed by atoms with Crippen LogP contribution in [0.3, 0.4) is 0 Å². The smallest absolute Gasteiger partial charge is 0.321 e. The van der Waals surface area contributed by atoms with Crippen molar-refractivity contribution in [3.63, 3.8) is 0 Å². The highest BCUT2D eigenvalue weighted by atomic mass is 35.5. The molecule has 1 unspecified atom stereocenters. The molecule has 0 aliphatic carbocycles. The third-order valence-electron chi connectivity index (χ3n) is 20.5. The van der Waals surface area contributed by atoms with E-state index in [-0.39, 0.29) is 64.2 Å². The number of rotatable bonds is 20. The molecule has 8 N–H and O–H groups in total. The number of hydrogen-bond acceptors (Lipinski definition) is 20. The average Bonchev–Trinajstić information content (AvgIpc) is 0.772. The van der Waals surface area contributed by atoms with Gasteiger partial charge in [0.05, 0.1) is 44.1 Å². The Morgan fingerprint density at radius 3 is 1.05 bits per heavy atom. The summed E-state index contributed by atoms with van der Waals surface area (Å²) in [7, 11) is 0. The Morgan fingerprint density at radius 2 is 0.681 bits per heavy atom. The van der Waals surface area contributed by atoms with Crippen molar-refractivity contribution in [3.8, 4) is 46.1 Å². The highest BCUT2D eigenvalue weighted by Gasteiger charge is 2.25. The molecule has 8 aliphatic rings. The molecule has 0 saturated heterocycles. The molecule has 16 rings (SSSR count). The zero-order valence-electron chi connectivity index (χ0n) is 66.0. The second-order valence-corrected chi connectivity index (χ2v) is 30.1. The van der Waals surface area contributed by atoms with E-state index in [4.69, 9.17) is 34.8 Å². The van der Waals surface area contributed by atoms with Crippen LogP contribution in [0.5, 0.6) is 0 Å². The van der Waals surface area contributed by atoms with Crippen LogP contribution in [0, 0.1) is 72.8 Å². The van der Waals surface area contributed by atoms with Crippen LogP contribution in [-0.4, -0.2) is 104 Å². The van der Waals surface area contributed by atoms with Crippen LogP contribution in [0.2, 0.25) is 15.1 Å². The zero-order chi connectivity index (χ0) is 84.8. The third-order valence-corrected chi connectivity index (χ3v) is 21.3. The molecule has 28 nitrogen and oxygen atoms in total. The van der Waals surface area contributed by atoms with E-state index in [1.54, 1.807) is 28.8 Å². The van der Waals surface area contributed by atoms with Gasteiger partial charge in [-0.15, -0.1) is 0 Å². The van der Waals surface area contributed by atoms with Gasteiger partial charge in [0.1, 0.15) is 17.5 Å². The van der Waals surface area contributed by atoms with E-state index >= 15 is 0 Å². The van der Waals surface area contributed by atoms with E-state index < -0.39 is 56.6 Å². The van der Waals surface area contributed by atoms with Gasteiger partial charge in [-0.3, -0.25) is 39.1 Å². The SMILES string of the molecule is Cc1cc2nc3c(=O)[nH]c(=O)nc-3n(CCNC(C)c3ccc(Cl)cc3)c2cc1C.Cc1cc2nc3c(=O)[nH]c(=O)nc-3n(CCNCc3cc(F)ccc3F)c2cc1C.Cc1cc2nc3c(=O)[nH]c(=O)nc-3n(CCNCc3ccc(Cl)cc3Cl)c2cc1C.Cc1cc2nc3c(=O)[nH]c(=O)nc-3n(CCNCc3ccc(F)cc3)c2cc1C. The predicted molar refractivity (Wildman–Crippen MR) is 454 cm³/mol. The molecule has 8 aromatic rings. The fourth-order valence-electron chi connectivity index (χ4n) is 13.6. The largest absolute Gasteiger partial charge is 0.349 e. The number of aryl methyl sites for hydroxylation is 8. The first kappa shape index (κ1) is 84.3. The number of halogens is 6. The number of nitrogens with one attached hydrogen (secondary N) is 8. The van der Waals surface area contributed by atoms with Crippen molar-refractivity contribution in [2.45, 2.75) is 114 Å². The van der Waals surface area contributed by atoms with Gasteiger partial charge in [0, 0.05) is 98.7 Å². The van der Waals surface area contributed by atoms with Crippen molar-refractivity contribution in [1.82, 2.24) is 99.3 Å². The number of nitrogens with zero attached hydrogens (tertiary/aromatic N) is 12. The first-order valence-corrected chi connectivity index (χ1v) is 39.0. The van der Waals surface area contributed by atoms with Crippen molar-refractivity contribution in [1.29, 1.82) is 0 Å². The lowest BCUT2D eigenvalue weighted by atomic mass is 10.1. The summed E-state index contributed by atoms with van der Waals surface area (Å²) in [6, 6.07) is 38.4. The quantitative estimate of drug-likeness (QED) is 0.0259. The van der Waals surface area contributed by atoms with E-state index in [0.717, 1.165) is 101 Å². The summed E-state index contributed by atoms with van der Waals surface area (Å²) in [5.41, 5.74) is 13.1. The van der Waals surface area contributed by atoms with Gasteiger partial charge in [-0.25, -0.2) is 52.3 Å². The second kappa shape index (κ2) is 36.5. The Kier molecular flexibility index (Phi) is 25.8. The predicted octanol–water partition coefficient (Wildman–Crippen LogP) is 10.9. The van der Waals surface area contributed by atoms with Crippen molar-refractivity contribution in [2.75, 3.05) is 26.2 Å². The molecule has 0 saturated carbocycles. The van der Waals surface area contributed by atoms with Crippen LogP contribution in [0.25, 0.3) is 90.2 Å². The summed E-state index contributed by atoms with van der Waals surface area (Å²) in [5, 5.41) is 15.1. The first-order valence-electron chi connectivity index (χ1n) is 37.8. The number of fused-ring (bicyclic) bond motifs is 8. The summed E-state index contributed by atoms with van der Waals surface area (Å²) < 4.78 is 47.5. The lowest BCUT2D eigenvalue weighted by Gasteiger charge is -2.20. The van der Waals surface area contributed by atoms with E-state index in [0.29, 0.717) is 108 Å². The van der Waals surface area contributed by atoms with Crippen LogP contribution in [0.15, 0.2) is 172 Å². The normalized spacial score (nSPS) is 11.7. The Hall–Kier alpha value is -12.6. The number of aromatic amines is 4. The lowest BCUT2D eigenvalue weighted by molar-refractivity contribution is 0.534. The van der Waals surface area contributed by atoms with Crippen molar-refractivity contribution in [3.05, 3.63) is 316 Å². The standard InChI is InChI=1S/C22H22ClN5O2.C21H19Cl2N5O2.C21H19F2N5O2.C21H20FN5O2/c1-12-10-17-18(11-13(12)2)28(20-19(25-17)21(29)27-22(30)26-20)9-8-24-14(3)15-4-6-16(23)7-5-15;1-11-7-16-17(8-12(11)2)28(19-18(25-16)20(29)27-21(30)26-19)6-5-24-10-13-3-4-14(22)9-15(13)23;1-11-7-16-17(8-12(11)2)28(19-18(25-16)20(29)27-21(30)26-19)6-5-24-10-13-9-14(22)3-4-15(13)23;1-12-9-16-17(10-13(12)2)27(19-18(24-16)20(28)26-21(29)25-19)8-7-23-11-14-3-5-15(22)6-4-14/h4-7,10-11,14,24H,8-9H2,1-3H3,(H,27,29,30);2*3-4,7-9,24H,5-6,10H2,1-2H3,(H,27,29,30);3-6,9-10,23H,7-8,11H2,1-2H3,(H,26,28,29). The zero-order valence-corrected chi connectivity index (χ0v) is 68.2. The molecule has 8 aliphatic heterocycles. The minimum atomic E-state index is -0.749. The molecule has 8 heterocycles. The van der Waals surface area contributed by atoms with E-state index in [9.17, 15) is 51.5 Å². The molecule has 8 aromatic carbocycles. The van der Waals surface area contributed by atoms with Gasteiger partial charge in [0.25, 0.3) is 22.2 Å². The van der Waals surface area contributed by atoms with Gasteiger partial charge in [-0.1, -0.05) is 65.1 Å². The summed E-state index contributed by atoms with van der Waals surface area (Å²) in [4.78, 5) is 139. The van der Waals surface area contributed by atoms with Crippen LogP contribution in [0.1, 0.15) is 79.7 Å². The topological polar surface area (TPSA) is 371 Å². The first-order chi connectivity index (χ1) is 56.9. The van der Waals surface area contributed by atoms with Gasteiger partial charge >= 0.3 is 22.8 Å². The van der Waals surface area contributed by atoms with Crippen molar-refractivity contribution in [2.24, 2.45) is 0 Å². The highest BCUT2D eigenvalue weighted by Crippen LogP contribution is 2.30. The second-order valence-electron chi connectivity index (χ2n) is 28.8. The van der Waals surface area contributed by atoms with E-state index in [1.807, 2.05) is 148 Å². The maximum atomic E-state index is 13.8. The van der Waals surface area contributed by atoms with Gasteiger partial charge in [0.15, 0.2) is 46.1 Å². The van der Waals surface area contributed by atoms with Crippen LogP contribution in [-0.2, 0) is 45.8 Å². The molecule has 0 spiro atoms. The number of benzene rings is 8. The highest BCUT2D eigenvalue weighted by molar-refractivity contribution is 6.35. The number of aromatic nitrogens is 16. The molecular formula is C85H80Cl3F3N20O8. The van der Waals surface area contributed by atoms with E-state index in [2.05, 4.69) is 88.0 Å². The molecule has 34 heteroatoms. The van der Waals surface area contributed by atoms with Crippen LogP contribution in [0.4, 0.5) is 13.2 Å². The Labute approximate surface area is 690 Å². The molecule has 1 atom stereocenters. The van der Waals surface area contributed by atoms with E-state index in [1.165, 1.54) is 12.1 Å². The molecule has 0 amide bonds. The summed E-state index contributed by atoms with van der Waals surface area (Å²) in [6.45, 7) is 23.2. The molecule has 0 bridgehead atoms. The van der Waals surface area contributed by atoms with Crippen LogP contribution >= 0.6 is 34.8 Å². The summed E-state index contributed by atoms with van der Waals surface area (Å²) >= 11 is 18.1. The van der Waals surface area contributed by atoms with Crippen molar-refractivity contribution >= 4 is 78.9 Å². The minimum Gasteiger partial charge on any atom is -0.321 e. The third kappa shape index (κ3) is 19.5. The number of H-pyrrole nitrogens is 4. The Bertz CT molecular complexity index is 6930. The monoisotopic (exact) mass is 1670 g/mol. The average molecular weight is 1670 g/mol. The Balaban J connectivity index is 0.000000137. The molecule has 0 radical (unpaired) electrons. The maximum absolute atomic E-state index is 13.8. The number of hydrogen-bond donors (Lipinski definition) is 8. The van der Waals surface area contributed by atoms with Crippen LogP contribution < -0.4 is 66.3 Å². The summed E-state index contributed by atoms with van der Waals surface area (Å²) in [6.07, 6.45) is 0. The molecule has 610 valence electrons. The van der Waals surface area contributed by atoms with Gasteiger partial charge in [-0.2, -0.15) is 19.9 Å². The molecular weight excluding hydrogens is 1590 g/mol. The maximum Gasteiger partial charge on any atom is 0.349 e. The fraction of sp³-hybridized carbons (Fsp3) is 0.247.